The van der Waals surface area contributed by atoms with Crippen LogP contribution in [0.25, 0.3) is 6.08 Å². The van der Waals surface area contributed by atoms with Crippen molar-refractivity contribution in [1.29, 1.82) is 0 Å². The molecule has 0 radical (unpaired) electrons. The van der Waals surface area contributed by atoms with Crippen molar-refractivity contribution in [2.24, 2.45) is 0 Å². The molecule has 0 aliphatic carbocycles. The van der Waals surface area contributed by atoms with Crippen LogP contribution < -0.4 is 10.1 Å². The van der Waals surface area contributed by atoms with Gasteiger partial charge in [0.25, 0.3) is 5.91 Å². The Bertz CT molecular complexity index is 865. The van der Waals surface area contributed by atoms with Crippen LogP contribution in [0.15, 0.2) is 54.1 Å². The second-order valence-corrected chi connectivity index (χ2v) is 6.79. The minimum Gasteiger partial charge on any atom is -0.483 e. The second kappa shape index (κ2) is 8.73. The Morgan fingerprint density at radius 3 is 2.81 bits per heavy atom. The zero-order valence-corrected chi connectivity index (χ0v) is 15.8. The molecule has 27 heavy (non-hydrogen) atoms. The molecule has 1 aliphatic heterocycles. The van der Waals surface area contributed by atoms with Gasteiger partial charge in [0.15, 0.2) is 6.61 Å². The molecular weight excluding hydrogens is 364 g/mol. The third kappa shape index (κ3) is 5.11. The highest BCUT2D eigenvalue weighted by molar-refractivity contribution is 6.30. The molecule has 1 N–H and O–H groups in total. The lowest BCUT2D eigenvalue weighted by atomic mass is 10.1. The molecule has 0 spiro atoms. The number of ether oxygens (including phenoxy) is 1. The van der Waals surface area contributed by atoms with Gasteiger partial charge in [0.05, 0.1) is 0 Å². The van der Waals surface area contributed by atoms with Crippen LogP contribution in [0.5, 0.6) is 5.75 Å². The summed E-state index contributed by atoms with van der Waals surface area (Å²) >= 11 is 6.04. The Balaban J connectivity index is 1.57. The lowest BCUT2D eigenvalue weighted by Gasteiger charge is -2.20. The van der Waals surface area contributed by atoms with E-state index >= 15 is 0 Å². The molecule has 1 aliphatic rings. The molecule has 2 amide bonds. The Hall–Kier alpha value is -2.79. The maximum absolute atomic E-state index is 12.3. The van der Waals surface area contributed by atoms with Gasteiger partial charge in [-0.1, -0.05) is 41.9 Å². The second-order valence-electron chi connectivity index (χ2n) is 6.35. The van der Waals surface area contributed by atoms with Gasteiger partial charge in [-0.2, -0.15) is 0 Å². The number of rotatable bonds is 5. The minimum atomic E-state index is -0.152. The summed E-state index contributed by atoms with van der Waals surface area (Å²) in [5, 5.41) is 3.46. The molecular formula is C21H21ClN2O3. The zero-order valence-electron chi connectivity index (χ0n) is 15.1. The molecule has 0 unspecified atom stereocenters. The van der Waals surface area contributed by atoms with Crippen LogP contribution in [-0.2, 0) is 16.1 Å². The van der Waals surface area contributed by atoms with Crippen molar-refractivity contribution < 1.29 is 14.3 Å². The van der Waals surface area contributed by atoms with Gasteiger partial charge in [-0.25, -0.2) is 0 Å². The number of fused-ring (bicyclic) bond motifs is 1. The Morgan fingerprint density at radius 2 is 2.04 bits per heavy atom. The van der Waals surface area contributed by atoms with Crippen molar-refractivity contribution in [3.8, 4) is 5.75 Å². The van der Waals surface area contributed by atoms with Gasteiger partial charge in [0.1, 0.15) is 5.75 Å². The fraction of sp³-hybridized carbons (Fsp3) is 0.238. The van der Waals surface area contributed by atoms with Crippen LogP contribution in [0.4, 0.5) is 0 Å². The van der Waals surface area contributed by atoms with E-state index in [1.807, 2.05) is 36.4 Å². The standard InChI is InChI=1S/C21H21ClN2O3/c1-15(11-16-5-3-2-4-6-16)21(26)23-9-10-24-13-17-12-18(22)7-8-19(17)27-14-20(24)25/h2-8,11-12H,9-10,13-14H2,1H3,(H,23,26). The Morgan fingerprint density at radius 1 is 1.26 bits per heavy atom. The van der Waals surface area contributed by atoms with Crippen LogP contribution in [0, 0.1) is 0 Å². The summed E-state index contributed by atoms with van der Waals surface area (Å²) in [4.78, 5) is 26.2. The van der Waals surface area contributed by atoms with E-state index in [4.69, 9.17) is 16.3 Å². The first kappa shape index (κ1) is 19.0. The summed E-state index contributed by atoms with van der Waals surface area (Å²) in [7, 11) is 0. The van der Waals surface area contributed by atoms with Gasteiger partial charge in [0, 0.05) is 35.8 Å². The largest absolute Gasteiger partial charge is 0.483 e. The smallest absolute Gasteiger partial charge is 0.260 e. The molecule has 1 heterocycles. The van der Waals surface area contributed by atoms with E-state index in [1.165, 1.54) is 0 Å². The molecule has 0 fully saturated rings. The van der Waals surface area contributed by atoms with E-state index in [9.17, 15) is 9.59 Å². The van der Waals surface area contributed by atoms with Gasteiger partial charge < -0.3 is 15.0 Å². The Labute approximate surface area is 163 Å². The topological polar surface area (TPSA) is 58.6 Å². The summed E-state index contributed by atoms with van der Waals surface area (Å²) in [6.07, 6.45) is 1.83. The normalized spacial score (nSPS) is 14.2. The van der Waals surface area contributed by atoms with E-state index < -0.39 is 0 Å². The first-order valence-corrected chi connectivity index (χ1v) is 9.11. The van der Waals surface area contributed by atoms with E-state index in [-0.39, 0.29) is 18.4 Å². The number of hydrogen-bond donors (Lipinski definition) is 1. The van der Waals surface area contributed by atoms with Gasteiger partial charge in [0.2, 0.25) is 5.91 Å². The number of nitrogens with one attached hydrogen (secondary N) is 1. The Kier molecular flexibility index (Phi) is 6.14. The fourth-order valence-electron chi connectivity index (χ4n) is 2.85. The van der Waals surface area contributed by atoms with Crippen molar-refractivity contribution in [1.82, 2.24) is 10.2 Å². The van der Waals surface area contributed by atoms with Crippen LogP contribution in [-0.4, -0.2) is 36.4 Å². The van der Waals surface area contributed by atoms with Crippen molar-refractivity contribution in [3.63, 3.8) is 0 Å². The number of halogens is 1. The predicted molar refractivity (Wildman–Crippen MR) is 105 cm³/mol. The molecule has 2 aromatic carbocycles. The first-order valence-electron chi connectivity index (χ1n) is 8.73. The number of nitrogens with zero attached hydrogens (tertiary/aromatic N) is 1. The van der Waals surface area contributed by atoms with Crippen LogP contribution >= 0.6 is 11.6 Å². The highest BCUT2D eigenvalue weighted by Crippen LogP contribution is 2.26. The lowest BCUT2D eigenvalue weighted by Crippen LogP contribution is -2.39. The fourth-order valence-corrected chi connectivity index (χ4v) is 3.04. The van der Waals surface area contributed by atoms with Crippen LogP contribution in [0.2, 0.25) is 5.02 Å². The number of amides is 2. The first-order chi connectivity index (χ1) is 13.0. The summed E-state index contributed by atoms with van der Waals surface area (Å²) in [5.74, 6) is 0.398. The van der Waals surface area contributed by atoms with Gasteiger partial charge in [-0.05, 0) is 36.8 Å². The van der Waals surface area contributed by atoms with Crippen molar-refractivity contribution >= 4 is 29.5 Å². The van der Waals surface area contributed by atoms with E-state index in [0.29, 0.717) is 36.0 Å². The molecule has 140 valence electrons. The number of benzene rings is 2. The molecule has 5 nitrogen and oxygen atoms in total. The highest BCUT2D eigenvalue weighted by Gasteiger charge is 2.21. The van der Waals surface area contributed by atoms with Crippen LogP contribution in [0.3, 0.4) is 0 Å². The SMILES string of the molecule is CC(=Cc1ccccc1)C(=O)NCCN1Cc2cc(Cl)ccc2OCC1=O. The van der Waals surface area contributed by atoms with Gasteiger partial charge in [-0.15, -0.1) is 0 Å². The molecule has 0 saturated carbocycles. The molecule has 0 bridgehead atoms. The van der Waals surface area contributed by atoms with Gasteiger partial charge in [-0.3, -0.25) is 9.59 Å². The van der Waals surface area contributed by atoms with Crippen molar-refractivity contribution in [2.75, 3.05) is 19.7 Å². The summed E-state index contributed by atoms with van der Waals surface area (Å²) < 4.78 is 5.53. The van der Waals surface area contributed by atoms with E-state index in [0.717, 1.165) is 11.1 Å². The van der Waals surface area contributed by atoms with Gasteiger partial charge >= 0.3 is 0 Å². The summed E-state index contributed by atoms with van der Waals surface area (Å²) in [6, 6.07) is 15.0. The molecule has 0 aromatic heterocycles. The summed E-state index contributed by atoms with van der Waals surface area (Å²) in [5.41, 5.74) is 2.45. The molecule has 3 rings (SSSR count). The third-order valence-corrected chi connectivity index (χ3v) is 4.53. The predicted octanol–water partition coefficient (Wildman–Crippen LogP) is 3.28. The van der Waals surface area contributed by atoms with Crippen molar-refractivity contribution in [3.05, 3.63) is 70.3 Å². The summed E-state index contributed by atoms with van der Waals surface area (Å²) in [6.45, 7) is 2.92. The molecule has 2 aromatic rings. The molecule has 6 heteroatoms. The third-order valence-electron chi connectivity index (χ3n) is 4.30. The molecule has 0 atom stereocenters. The lowest BCUT2D eigenvalue weighted by molar-refractivity contribution is -0.133. The van der Waals surface area contributed by atoms with Crippen molar-refractivity contribution in [2.45, 2.75) is 13.5 Å². The number of hydrogen-bond acceptors (Lipinski definition) is 3. The average molecular weight is 385 g/mol. The monoisotopic (exact) mass is 384 g/mol. The molecule has 0 saturated heterocycles. The number of carbonyl (C=O) groups excluding carboxylic acids is 2. The maximum atomic E-state index is 12.3. The van der Waals surface area contributed by atoms with E-state index in [2.05, 4.69) is 5.32 Å². The quantitative estimate of drug-likeness (QED) is 0.805. The van der Waals surface area contributed by atoms with Crippen LogP contribution in [0.1, 0.15) is 18.1 Å². The zero-order chi connectivity index (χ0) is 19.2. The average Bonchev–Trinajstić information content (AvgIpc) is 2.81. The minimum absolute atomic E-state index is 0.0183. The number of carbonyl (C=O) groups is 2. The van der Waals surface area contributed by atoms with E-state index in [1.54, 1.807) is 30.0 Å². The maximum Gasteiger partial charge on any atom is 0.260 e. The highest BCUT2D eigenvalue weighted by atomic mass is 35.5.